The Balaban J connectivity index is 1.54. The topological polar surface area (TPSA) is 42.8 Å². The molecule has 1 unspecified atom stereocenters. The Labute approximate surface area is 143 Å². The number of carbonyl (C=O) groups is 1. The van der Waals surface area contributed by atoms with Gasteiger partial charge in [-0.15, -0.1) is 0 Å². The van der Waals surface area contributed by atoms with Crippen LogP contribution < -0.4 is 15.0 Å². The van der Waals surface area contributed by atoms with E-state index in [4.69, 9.17) is 4.74 Å². The standard InChI is InChI=1S/C20H24N2O2/c1-2-22-14-6-7-17(22)15-21-20(23)16-10-12-19(13-11-16)24-18-8-4-3-5-9-18/h3-5,8-13,17H,2,6-7,14-15H2,1H3,(H,21,23)/p+1/t17-/m1/s1. The maximum absolute atomic E-state index is 12.3. The number of quaternary nitrogens is 1. The summed E-state index contributed by atoms with van der Waals surface area (Å²) in [5.74, 6) is 1.51. The highest BCUT2D eigenvalue weighted by atomic mass is 16.5. The molecule has 1 aliphatic rings. The highest BCUT2D eigenvalue weighted by Gasteiger charge is 2.27. The van der Waals surface area contributed by atoms with Crippen LogP contribution in [-0.4, -0.2) is 31.6 Å². The van der Waals surface area contributed by atoms with Crippen LogP contribution in [0.5, 0.6) is 11.5 Å². The maximum atomic E-state index is 12.3. The van der Waals surface area contributed by atoms with Gasteiger partial charge in [0, 0.05) is 18.4 Å². The van der Waals surface area contributed by atoms with E-state index in [9.17, 15) is 4.79 Å². The Hall–Kier alpha value is -2.33. The van der Waals surface area contributed by atoms with Gasteiger partial charge in [-0.3, -0.25) is 4.79 Å². The Kier molecular flexibility index (Phi) is 5.49. The molecule has 2 aromatic rings. The summed E-state index contributed by atoms with van der Waals surface area (Å²) in [7, 11) is 0. The molecular weight excluding hydrogens is 300 g/mol. The molecule has 2 atom stereocenters. The van der Waals surface area contributed by atoms with E-state index in [1.165, 1.54) is 19.4 Å². The van der Waals surface area contributed by atoms with E-state index < -0.39 is 0 Å². The molecule has 0 aromatic heterocycles. The van der Waals surface area contributed by atoms with E-state index in [-0.39, 0.29) is 5.91 Å². The van der Waals surface area contributed by atoms with Crippen LogP contribution in [0.4, 0.5) is 0 Å². The van der Waals surface area contributed by atoms with Crippen LogP contribution in [0.1, 0.15) is 30.1 Å². The molecular formula is C20H25N2O2+. The number of benzene rings is 2. The second kappa shape index (κ2) is 7.97. The van der Waals surface area contributed by atoms with Crippen molar-refractivity contribution in [3.8, 4) is 11.5 Å². The van der Waals surface area contributed by atoms with Crippen molar-refractivity contribution in [1.82, 2.24) is 5.32 Å². The number of carbonyl (C=O) groups excluding carboxylic acids is 1. The zero-order valence-electron chi connectivity index (χ0n) is 14.1. The SMILES string of the molecule is CC[NH+]1CCC[C@@H]1CNC(=O)c1ccc(Oc2ccccc2)cc1. The first-order valence-corrected chi connectivity index (χ1v) is 8.72. The van der Waals surface area contributed by atoms with Crippen molar-refractivity contribution in [2.24, 2.45) is 0 Å². The minimum Gasteiger partial charge on any atom is -0.457 e. The van der Waals surface area contributed by atoms with Gasteiger partial charge in [0.05, 0.1) is 19.6 Å². The average molecular weight is 325 g/mol. The van der Waals surface area contributed by atoms with Crippen molar-refractivity contribution in [2.75, 3.05) is 19.6 Å². The number of ether oxygens (including phenoxy) is 1. The van der Waals surface area contributed by atoms with Gasteiger partial charge in [0.2, 0.25) is 0 Å². The zero-order valence-corrected chi connectivity index (χ0v) is 14.1. The summed E-state index contributed by atoms with van der Waals surface area (Å²) in [5.41, 5.74) is 0.673. The molecule has 2 aromatic carbocycles. The Bertz CT molecular complexity index is 655. The smallest absolute Gasteiger partial charge is 0.251 e. The van der Waals surface area contributed by atoms with Gasteiger partial charge in [-0.1, -0.05) is 18.2 Å². The molecule has 1 heterocycles. The van der Waals surface area contributed by atoms with Gasteiger partial charge >= 0.3 is 0 Å². The quantitative estimate of drug-likeness (QED) is 0.856. The molecule has 4 heteroatoms. The van der Waals surface area contributed by atoms with Gasteiger partial charge in [-0.05, 0) is 43.3 Å². The largest absolute Gasteiger partial charge is 0.457 e. The molecule has 2 N–H and O–H groups in total. The van der Waals surface area contributed by atoms with E-state index in [0.717, 1.165) is 24.6 Å². The summed E-state index contributed by atoms with van der Waals surface area (Å²) in [4.78, 5) is 13.9. The molecule has 1 amide bonds. The van der Waals surface area contributed by atoms with E-state index in [1.807, 2.05) is 54.6 Å². The minimum atomic E-state index is -0.0105. The average Bonchev–Trinajstić information content (AvgIpc) is 3.09. The first-order chi connectivity index (χ1) is 11.8. The predicted molar refractivity (Wildman–Crippen MR) is 94.7 cm³/mol. The minimum absolute atomic E-state index is 0.0105. The zero-order chi connectivity index (χ0) is 16.8. The highest BCUT2D eigenvalue weighted by molar-refractivity contribution is 5.94. The fourth-order valence-electron chi connectivity index (χ4n) is 3.31. The number of hydrogen-bond acceptors (Lipinski definition) is 2. The number of para-hydroxylation sites is 1. The van der Waals surface area contributed by atoms with Crippen LogP contribution in [-0.2, 0) is 0 Å². The molecule has 4 nitrogen and oxygen atoms in total. The van der Waals surface area contributed by atoms with Crippen molar-refractivity contribution in [2.45, 2.75) is 25.8 Å². The predicted octanol–water partition coefficient (Wildman–Crippen LogP) is 2.28. The first kappa shape index (κ1) is 16.5. The molecule has 126 valence electrons. The van der Waals surface area contributed by atoms with Crippen LogP contribution in [0.3, 0.4) is 0 Å². The summed E-state index contributed by atoms with van der Waals surface area (Å²) < 4.78 is 5.75. The van der Waals surface area contributed by atoms with Crippen LogP contribution in [0.25, 0.3) is 0 Å². The third kappa shape index (κ3) is 4.15. The molecule has 1 fully saturated rings. The van der Waals surface area contributed by atoms with Gasteiger partial charge in [-0.25, -0.2) is 0 Å². The van der Waals surface area contributed by atoms with E-state index in [0.29, 0.717) is 11.6 Å². The number of rotatable bonds is 6. The summed E-state index contributed by atoms with van der Waals surface area (Å²) in [6.07, 6.45) is 2.46. The van der Waals surface area contributed by atoms with Crippen LogP contribution in [0, 0.1) is 0 Å². The normalized spacial score (nSPS) is 19.9. The summed E-state index contributed by atoms with van der Waals surface area (Å²) in [6.45, 7) is 5.32. The lowest BCUT2D eigenvalue weighted by atomic mass is 10.2. The maximum Gasteiger partial charge on any atom is 0.251 e. The second-order valence-electron chi connectivity index (χ2n) is 6.25. The van der Waals surface area contributed by atoms with Crippen molar-refractivity contribution < 1.29 is 14.4 Å². The van der Waals surface area contributed by atoms with Gasteiger partial charge in [-0.2, -0.15) is 0 Å². The Morgan fingerprint density at radius 2 is 1.83 bits per heavy atom. The number of likely N-dealkylation sites (N-methyl/N-ethyl adjacent to an activating group) is 1. The molecule has 0 radical (unpaired) electrons. The summed E-state index contributed by atoms with van der Waals surface area (Å²) >= 11 is 0. The van der Waals surface area contributed by atoms with Crippen LogP contribution in [0.2, 0.25) is 0 Å². The van der Waals surface area contributed by atoms with Gasteiger partial charge < -0.3 is 15.0 Å². The van der Waals surface area contributed by atoms with E-state index in [1.54, 1.807) is 4.90 Å². The number of nitrogens with one attached hydrogen (secondary N) is 2. The second-order valence-corrected chi connectivity index (χ2v) is 6.25. The van der Waals surface area contributed by atoms with Gasteiger partial charge in [0.25, 0.3) is 5.91 Å². The lowest BCUT2D eigenvalue weighted by Crippen LogP contribution is -3.14. The molecule has 3 rings (SSSR count). The van der Waals surface area contributed by atoms with Crippen LogP contribution >= 0.6 is 0 Å². The molecule has 0 aliphatic carbocycles. The molecule has 24 heavy (non-hydrogen) atoms. The van der Waals surface area contributed by atoms with Gasteiger partial charge in [0.1, 0.15) is 17.5 Å². The number of amides is 1. The van der Waals surface area contributed by atoms with Crippen molar-refractivity contribution in [3.05, 3.63) is 60.2 Å². The fraction of sp³-hybridized carbons (Fsp3) is 0.350. The lowest BCUT2D eigenvalue weighted by molar-refractivity contribution is -0.909. The Morgan fingerprint density at radius 1 is 1.12 bits per heavy atom. The van der Waals surface area contributed by atoms with Crippen molar-refractivity contribution >= 4 is 5.91 Å². The summed E-state index contributed by atoms with van der Waals surface area (Å²) in [6, 6.07) is 17.5. The molecule has 0 spiro atoms. The van der Waals surface area contributed by atoms with Gasteiger partial charge in [0.15, 0.2) is 0 Å². The molecule has 0 saturated carbocycles. The molecule has 1 saturated heterocycles. The van der Waals surface area contributed by atoms with Crippen LogP contribution in [0.15, 0.2) is 54.6 Å². The molecule has 0 bridgehead atoms. The highest BCUT2D eigenvalue weighted by Crippen LogP contribution is 2.21. The van der Waals surface area contributed by atoms with E-state index >= 15 is 0 Å². The third-order valence-corrected chi connectivity index (χ3v) is 4.69. The lowest BCUT2D eigenvalue weighted by Gasteiger charge is -2.20. The number of likely N-dealkylation sites (tertiary alicyclic amines) is 1. The summed E-state index contributed by atoms with van der Waals surface area (Å²) in [5, 5.41) is 3.07. The monoisotopic (exact) mass is 325 g/mol. The number of hydrogen-bond donors (Lipinski definition) is 2. The van der Waals surface area contributed by atoms with Crippen molar-refractivity contribution in [1.29, 1.82) is 0 Å². The third-order valence-electron chi connectivity index (χ3n) is 4.69. The molecule has 1 aliphatic heterocycles. The fourth-order valence-corrected chi connectivity index (χ4v) is 3.31. The Morgan fingerprint density at radius 3 is 2.54 bits per heavy atom. The first-order valence-electron chi connectivity index (χ1n) is 8.72. The van der Waals surface area contributed by atoms with E-state index in [2.05, 4.69) is 12.2 Å². The van der Waals surface area contributed by atoms with Crippen molar-refractivity contribution in [3.63, 3.8) is 0 Å².